The molecule has 0 aliphatic heterocycles. The highest BCUT2D eigenvalue weighted by atomic mass is 14.8. The van der Waals surface area contributed by atoms with Crippen LogP contribution in [0.1, 0.15) is 51.4 Å². The fraction of sp³-hybridized carbons (Fsp3) is 1.00. The Morgan fingerprint density at radius 2 is 0.917 bits per heavy atom. The lowest BCUT2D eigenvalue weighted by molar-refractivity contribution is -0.208. The van der Waals surface area contributed by atoms with Crippen molar-refractivity contribution in [2.24, 2.45) is 22.7 Å². The molecular weight excluding hydrogens is 144 g/mol. The first-order valence-corrected chi connectivity index (χ1v) is 5.87. The minimum atomic E-state index is 0.953. The van der Waals surface area contributed by atoms with Crippen LogP contribution in [0.2, 0.25) is 0 Å². The average Bonchev–Trinajstić information content (AvgIpc) is 2.83. The first kappa shape index (κ1) is 6.45. The zero-order valence-corrected chi connectivity index (χ0v) is 7.81. The number of rotatable bonds is 2. The van der Waals surface area contributed by atoms with Crippen molar-refractivity contribution in [2.75, 3.05) is 0 Å². The zero-order valence-electron chi connectivity index (χ0n) is 7.81. The Labute approximate surface area is 74.7 Å². The van der Waals surface area contributed by atoms with Crippen LogP contribution in [0.15, 0.2) is 0 Å². The maximum Gasteiger partial charge on any atom is -0.0210 e. The van der Waals surface area contributed by atoms with Gasteiger partial charge in [-0.25, -0.2) is 0 Å². The van der Waals surface area contributed by atoms with E-state index in [1.54, 1.807) is 51.4 Å². The molecule has 4 saturated carbocycles. The van der Waals surface area contributed by atoms with Crippen molar-refractivity contribution >= 4 is 0 Å². The van der Waals surface area contributed by atoms with Crippen LogP contribution in [0.25, 0.3) is 0 Å². The van der Waals surface area contributed by atoms with Gasteiger partial charge in [-0.3, -0.25) is 0 Å². The second-order valence-electron chi connectivity index (χ2n) is 5.86. The predicted molar refractivity (Wildman–Crippen MR) is 48.8 cm³/mol. The molecule has 0 unspecified atom stereocenters. The SMILES string of the molecule is C1CC1C12CCC1(C1CC1)CC2. The third-order valence-electron chi connectivity index (χ3n) is 5.74. The van der Waals surface area contributed by atoms with Crippen LogP contribution in [0, 0.1) is 22.7 Å². The van der Waals surface area contributed by atoms with Gasteiger partial charge < -0.3 is 0 Å². The fourth-order valence-corrected chi connectivity index (χ4v) is 4.69. The van der Waals surface area contributed by atoms with E-state index in [0.717, 1.165) is 10.8 Å². The largest absolute Gasteiger partial charge is 0.0496 e. The molecule has 4 aliphatic rings. The van der Waals surface area contributed by atoms with E-state index in [1.807, 2.05) is 0 Å². The molecule has 0 aromatic carbocycles. The lowest BCUT2D eigenvalue weighted by Gasteiger charge is -2.70. The molecule has 0 aromatic rings. The molecule has 0 bridgehead atoms. The maximum absolute atomic E-state index is 1.62. The van der Waals surface area contributed by atoms with Gasteiger partial charge >= 0.3 is 0 Å². The van der Waals surface area contributed by atoms with Crippen molar-refractivity contribution in [1.82, 2.24) is 0 Å². The van der Waals surface area contributed by atoms with Gasteiger partial charge in [-0.2, -0.15) is 0 Å². The monoisotopic (exact) mass is 162 g/mol. The summed E-state index contributed by atoms with van der Waals surface area (Å²) in [5.41, 5.74) is 1.91. The zero-order chi connectivity index (χ0) is 7.81. The van der Waals surface area contributed by atoms with E-state index in [9.17, 15) is 0 Å². The summed E-state index contributed by atoms with van der Waals surface area (Å²) < 4.78 is 0. The Bertz CT molecular complexity index is 198. The average molecular weight is 162 g/mol. The third kappa shape index (κ3) is 0.482. The molecule has 0 heteroatoms. The van der Waals surface area contributed by atoms with Crippen molar-refractivity contribution in [2.45, 2.75) is 51.4 Å². The van der Waals surface area contributed by atoms with Gasteiger partial charge in [0.2, 0.25) is 0 Å². The van der Waals surface area contributed by atoms with E-state index in [1.165, 1.54) is 11.8 Å². The molecule has 4 aliphatic carbocycles. The van der Waals surface area contributed by atoms with Crippen LogP contribution in [0.4, 0.5) is 0 Å². The Hall–Kier alpha value is 0. The summed E-state index contributed by atoms with van der Waals surface area (Å²) in [5.74, 6) is 2.42. The smallest absolute Gasteiger partial charge is 0.0210 e. The van der Waals surface area contributed by atoms with Crippen molar-refractivity contribution in [3.05, 3.63) is 0 Å². The van der Waals surface area contributed by atoms with Crippen LogP contribution in [0.5, 0.6) is 0 Å². The summed E-state index contributed by atoms with van der Waals surface area (Å²) in [7, 11) is 0. The second-order valence-corrected chi connectivity index (χ2v) is 5.86. The van der Waals surface area contributed by atoms with Crippen molar-refractivity contribution < 1.29 is 0 Å². The number of hydrogen-bond donors (Lipinski definition) is 0. The molecule has 0 nitrogen and oxygen atoms in total. The Morgan fingerprint density at radius 1 is 0.583 bits per heavy atom. The van der Waals surface area contributed by atoms with E-state index in [2.05, 4.69) is 0 Å². The minimum Gasteiger partial charge on any atom is -0.0496 e. The van der Waals surface area contributed by atoms with Gasteiger partial charge in [0.1, 0.15) is 0 Å². The van der Waals surface area contributed by atoms with E-state index in [4.69, 9.17) is 0 Å². The van der Waals surface area contributed by atoms with E-state index >= 15 is 0 Å². The summed E-state index contributed by atoms with van der Waals surface area (Å²) in [6.45, 7) is 0. The molecule has 0 radical (unpaired) electrons. The van der Waals surface area contributed by atoms with Crippen molar-refractivity contribution in [3.8, 4) is 0 Å². The summed E-state index contributed by atoms with van der Waals surface area (Å²) in [5, 5.41) is 0. The van der Waals surface area contributed by atoms with Crippen LogP contribution >= 0.6 is 0 Å². The highest BCUT2D eigenvalue weighted by molar-refractivity contribution is 5.22. The Morgan fingerprint density at radius 3 is 1.08 bits per heavy atom. The van der Waals surface area contributed by atoms with Gasteiger partial charge in [0.05, 0.1) is 0 Å². The third-order valence-corrected chi connectivity index (χ3v) is 5.74. The molecule has 0 spiro atoms. The highest BCUT2D eigenvalue weighted by Crippen LogP contribution is 2.82. The lowest BCUT2D eigenvalue weighted by atomic mass is 9.34. The topological polar surface area (TPSA) is 0 Å². The van der Waals surface area contributed by atoms with Crippen LogP contribution in [-0.2, 0) is 0 Å². The van der Waals surface area contributed by atoms with Crippen LogP contribution in [-0.4, -0.2) is 0 Å². The first-order valence-electron chi connectivity index (χ1n) is 5.87. The van der Waals surface area contributed by atoms with Gasteiger partial charge in [0.25, 0.3) is 0 Å². The Kier molecular flexibility index (Phi) is 0.875. The quantitative estimate of drug-likeness (QED) is 0.584. The molecule has 12 heavy (non-hydrogen) atoms. The van der Waals surface area contributed by atoms with Gasteiger partial charge in [-0.15, -0.1) is 0 Å². The summed E-state index contributed by atoms with van der Waals surface area (Å²) >= 11 is 0. The molecule has 0 atom stereocenters. The normalized spacial score (nSPS) is 57.0. The highest BCUT2D eigenvalue weighted by Gasteiger charge is 2.73. The summed E-state index contributed by atoms with van der Waals surface area (Å²) in [4.78, 5) is 0. The molecule has 66 valence electrons. The van der Waals surface area contributed by atoms with Crippen molar-refractivity contribution in [3.63, 3.8) is 0 Å². The standard InChI is InChI=1S/C12H18/c1-2-9(1)11-5-7-12(11,8-6-11)10-3-4-10/h9-10H,1-8H2. The van der Waals surface area contributed by atoms with E-state index < -0.39 is 0 Å². The molecule has 0 amide bonds. The lowest BCUT2D eigenvalue weighted by Crippen LogP contribution is -2.61. The van der Waals surface area contributed by atoms with Crippen LogP contribution in [0.3, 0.4) is 0 Å². The molecule has 4 rings (SSSR count). The van der Waals surface area contributed by atoms with E-state index in [0.29, 0.717) is 0 Å². The molecule has 4 fully saturated rings. The Balaban J connectivity index is 1.70. The summed E-state index contributed by atoms with van der Waals surface area (Å²) in [6, 6.07) is 0. The summed E-state index contributed by atoms with van der Waals surface area (Å²) in [6.07, 6.45) is 12.8. The van der Waals surface area contributed by atoms with E-state index in [-0.39, 0.29) is 0 Å². The van der Waals surface area contributed by atoms with Gasteiger partial charge in [0.15, 0.2) is 0 Å². The van der Waals surface area contributed by atoms with Gasteiger partial charge in [-0.1, -0.05) is 0 Å². The maximum atomic E-state index is 1.62. The van der Waals surface area contributed by atoms with Crippen LogP contribution < -0.4 is 0 Å². The van der Waals surface area contributed by atoms with Gasteiger partial charge in [-0.05, 0) is 74.0 Å². The predicted octanol–water partition coefficient (Wildman–Crippen LogP) is 3.37. The minimum absolute atomic E-state index is 0.953. The second kappa shape index (κ2) is 1.63. The molecule has 0 aromatic heterocycles. The fourth-order valence-electron chi connectivity index (χ4n) is 4.69. The molecule has 0 saturated heterocycles. The van der Waals surface area contributed by atoms with Crippen molar-refractivity contribution in [1.29, 1.82) is 0 Å². The molecule has 0 N–H and O–H groups in total. The number of hydrogen-bond acceptors (Lipinski definition) is 0. The molecular formula is C12H18. The first-order chi connectivity index (χ1) is 5.87. The van der Waals surface area contributed by atoms with Gasteiger partial charge in [0, 0.05) is 0 Å². The molecule has 0 heterocycles. The number of fused-ring (bicyclic) bond motifs is 1.